The van der Waals surface area contributed by atoms with E-state index in [2.05, 4.69) is 24.9 Å². The third kappa shape index (κ3) is 3.91. The summed E-state index contributed by atoms with van der Waals surface area (Å²) in [7, 11) is 1.26. The summed E-state index contributed by atoms with van der Waals surface area (Å²) in [5.74, 6) is -0.219. The standard InChI is InChI=1S/C19H21N9O5S2/c1-8-23-27-5-3-4-10(27)26(8)6-9-7-34-17-12(16(30)28(17)13(9)18(31)32)21-15(29)11(24-33-2)14-22-19(20)35-25-14/h12,17H,3-7H2,1-2H3,(H3-,20,21,22,25,29,31,32)/p+1/b24-11-/t12-,17-/m1/s1. The summed E-state index contributed by atoms with van der Waals surface area (Å²) < 4.78 is 7.91. The van der Waals surface area contributed by atoms with Crippen molar-refractivity contribution in [3.05, 3.63) is 28.7 Å². The number of carboxylic acid groups (broad SMARTS) is 1. The second-order valence-corrected chi connectivity index (χ2v) is 9.96. The number of aryl methyl sites for hydroxylation is 2. The summed E-state index contributed by atoms with van der Waals surface area (Å²) in [5.41, 5.74) is 5.93. The molecule has 1 fully saturated rings. The zero-order chi connectivity index (χ0) is 24.9. The van der Waals surface area contributed by atoms with Crippen LogP contribution in [0.15, 0.2) is 16.4 Å². The number of nitrogens with two attached hydrogens (primary N) is 1. The third-order valence-corrected chi connectivity index (χ3v) is 7.85. The molecular formula is C19H22N9O5S2+. The maximum Gasteiger partial charge on any atom is 0.352 e. The Hall–Kier alpha value is -3.53. The van der Waals surface area contributed by atoms with Gasteiger partial charge >= 0.3 is 5.97 Å². The van der Waals surface area contributed by atoms with Gasteiger partial charge in [0.05, 0.1) is 6.54 Å². The molecule has 2 amide bonds. The quantitative estimate of drug-likeness (QED) is 0.171. The second kappa shape index (κ2) is 8.92. The molecule has 3 aliphatic rings. The highest BCUT2D eigenvalue weighted by Gasteiger charge is 2.54. The average Bonchev–Trinajstić information content (AvgIpc) is 3.53. The molecule has 5 rings (SSSR count). The molecule has 14 nitrogen and oxygen atoms in total. The number of β-lactam (4-membered cyclic amide) rings is 1. The Kier molecular flexibility index (Phi) is 5.92. The molecule has 1 saturated heterocycles. The van der Waals surface area contributed by atoms with Crippen LogP contribution >= 0.6 is 23.3 Å². The zero-order valence-corrected chi connectivity index (χ0v) is 20.4. The SMILES string of the molecule is CO/N=C(\C(=O)N[C@@H]1C(=O)N2C(C(=O)O)=C(C[n+]3c(C)nn4c3CCC4)CS[C@H]12)c1nsc(N)n1. The second-order valence-electron chi connectivity index (χ2n) is 8.07. The number of nitrogen functional groups attached to an aromatic ring is 1. The largest absolute Gasteiger partial charge is 0.477 e. The molecule has 5 heterocycles. The van der Waals surface area contributed by atoms with Crippen molar-refractivity contribution < 1.29 is 28.9 Å². The van der Waals surface area contributed by atoms with Gasteiger partial charge in [-0.05, 0) is 6.42 Å². The first-order valence-electron chi connectivity index (χ1n) is 10.7. The van der Waals surface area contributed by atoms with Crippen LogP contribution in [0, 0.1) is 6.92 Å². The van der Waals surface area contributed by atoms with Gasteiger partial charge in [-0.25, -0.2) is 9.36 Å². The number of nitrogens with zero attached hydrogens (tertiary/aromatic N) is 7. The molecule has 2 atom stereocenters. The van der Waals surface area contributed by atoms with Crippen LogP contribution in [0.5, 0.6) is 0 Å². The molecule has 0 spiro atoms. The number of anilines is 1. The van der Waals surface area contributed by atoms with Gasteiger partial charge in [0, 0.05) is 41.3 Å². The van der Waals surface area contributed by atoms with Crippen molar-refractivity contribution in [1.82, 2.24) is 29.4 Å². The number of hydrogen-bond acceptors (Lipinski definition) is 11. The van der Waals surface area contributed by atoms with E-state index in [1.165, 1.54) is 23.8 Å². The van der Waals surface area contributed by atoms with Gasteiger partial charge in [-0.1, -0.05) is 5.16 Å². The van der Waals surface area contributed by atoms with E-state index >= 15 is 0 Å². The number of aliphatic carboxylic acids is 1. The number of oxime groups is 1. The third-order valence-electron chi connectivity index (χ3n) is 5.97. The van der Waals surface area contributed by atoms with Crippen molar-refractivity contribution in [1.29, 1.82) is 0 Å². The van der Waals surface area contributed by atoms with Crippen LogP contribution in [0.4, 0.5) is 5.13 Å². The van der Waals surface area contributed by atoms with Gasteiger partial charge in [0.15, 0.2) is 5.13 Å². The molecular weight excluding hydrogens is 498 g/mol. The van der Waals surface area contributed by atoms with E-state index in [1.54, 1.807) is 0 Å². The summed E-state index contributed by atoms with van der Waals surface area (Å²) in [6.45, 7) is 3.06. The van der Waals surface area contributed by atoms with Crippen LogP contribution in [0.25, 0.3) is 0 Å². The lowest BCUT2D eigenvalue weighted by Gasteiger charge is -2.49. The van der Waals surface area contributed by atoms with Crippen molar-refractivity contribution in [2.75, 3.05) is 18.6 Å². The predicted molar refractivity (Wildman–Crippen MR) is 123 cm³/mol. The van der Waals surface area contributed by atoms with Crippen molar-refractivity contribution >= 4 is 51.9 Å². The predicted octanol–water partition coefficient (Wildman–Crippen LogP) is -1.35. The Labute approximate surface area is 207 Å². The summed E-state index contributed by atoms with van der Waals surface area (Å²) in [6, 6.07) is -0.934. The Morgan fingerprint density at radius 1 is 1.43 bits per heavy atom. The minimum atomic E-state index is -1.19. The normalized spacial score (nSPS) is 21.5. The first-order valence-corrected chi connectivity index (χ1v) is 12.5. The van der Waals surface area contributed by atoms with Crippen LogP contribution in [0.3, 0.4) is 0 Å². The summed E-state index contributed by atoms with van der Waals surface area (Å²) in [5, 5.41) is 20.4. The van der Waals surface area contributed by atoms with E-state index in [-0.39, 0.29) is 22.4 Å². The smallest absolute Gasteiger partial charge is 0.352 e. The molecule has 3 aliphatic heterocycles. The lowest BCUT2D eigenvalue weighted by molar-refractivity contribution is -0.702. The van der Waals surface area contributed by atoms with Crippen LogP contribution in [0.2, 0.25) is 0 Å². The van der Waals surface area contributed by atoms with E-state index in [9.17, 15) is 19.5 Å². The van der Waals surface area contributed by atoms with Gasteiger partial charge in [-0.3, -0.25) is 14.5 Å². The van der Waals surface area contributed by atoms with E-state index in [1.807, 2.05) is 16.2 Å². The molecule has 35 heavy (non-hydrogen) atoms. The van der Waals surface area contributed by atoms with E-state index in [0.717, 1.165) is 42.6 Å². The van der Waals surface area contributed by atoms with Crippen molar-refractivity contribution in [3.63, 3.8) is 0 Å². The van der Waals surface area contributed by atoms with Crippen molar-refractivity contribution in [2.24, 2.45) is 5.16 Å². The van der Waals surface area contributed by atoms with E-state index in [0.29, 0.717) is 17.9 Å². The summed E-state index contributed by atoms with van der Waals surface area (Å²) in [4.78, 5) is 48.0. The van der Waals surface area contributed by atoms with Gasteiger partial charge in [-0.15, -0.1) is 16.4 Å². The molecule has 16 heteroatoms. The molecule has 184 valence electrons. The zero-order valence-electron chi connectivity index (χ0n) is 18.8. The monoisotopic (exact) mass is 520 g/mol. The number of fused-ring (bicyclic) bond motifs is 2. The van der Waals surface area contributed by atoms with Gasteiger partial charge in [-0.2, -0.15) is 9.36 Å². The molecule has 2 aromatic heterocycles. The molecule has 0 unspecified atom stereocenters. The Morgan fingerprint density at radius 2 is 2.23 bits per heavy atom. The van der Waals surface area contributed by atoms with Crippen molar-refractivity contribution in [2.45, 2.75) is 44.3 Å². The number of carbonyl (C=O) groups excluding carboxylic acids is 2. The highest BCUT2D eigenvalue weighted by atomic mass is 32.2. The van der Waals surface area contributed by atoms with Crippen LogP contribution in [-0.4, -0.2) is 76.9 Å². The maximum absolute atomic E-state index is 13.0. The fourth-order valence-corrected chi connectivity index (χ4v) is 6.23. The fourth-order valence-electron chi connectivity index (χ4n) is 4.46. The molecule has 0 radical (unpaired) electrons. The van der Waals surface area contributed by atoms with Gasteiger partial charge < -0.3 is 21.0 Å². The average molecular weight is 521 g/mol. The molecule has 4 N–H and O–H groups in total. The minimum absolute atomic E-state index is 0.0266. The number of thioether (sulfide) groups is 1. The van der Waals surface area contributed by atoms with Crippen molar-refractivity contribution in [3.8, 4) is 0 Å². The van der Waals surface area contributed by atoms with Gasteiger partial charge in [0.25, 0.3) is 17.6 Å². The highest BCUT2D eigenvalue weighted by Crippen LogP contribution is 2.40. The number of carboxylic acids is 1. The lowest BCUT2D eigenvalue weighted by atomic mass is 10.0. The fraction of sp³-hybridized carbons (Fsp3) is 0.474. The number of carbonyl (C=O) groups is 3. The first kappa shape index (κ1) is 23.2. The lowest BCUT2D eigenvalue weighted by Crippen LogP contribution is -2.71. The summed E-state index contributed by atoms with van der Waals surface area (Å²) in [6.07, 6.45) is 1.86. The van der Waals surface area contributed by atoms with Crippen LogP contribution < -0.4 is 15.6 Å². The molecule has 0 saturated carbocycles. The topological polar surface area (TPSA) is 182 Å². The Balaban J connectivity index is 1.37. The van der Waals surface area contributed by atoms with Crippen LogP contribution in [0.1, 0.15) is 23.9 Å². The Morgan fingerprint density at radius 3 is 2.91 bits per heavy atom. The Bertz CT molecular complexity index is 1300. The molecule has 0 aliphatic carbocycles. The first-order chi connectivity index (χ1) is 16.8. The highest BCUT2D eigenvalue weighted by molar-refractivity contribution is 8.00. The molecule has 0 aromatic carbocycles. The van der Waals surface area contributed by atoms with Crippen LogP contribution in [-0.2, 0) is 38.7 Å². The minimum Gasteiger partial charge on any atom is -0.477 e. The van der Waals surface area contributed by atoms with Gasteiger partial charge in [0.1, 0.15) is 30.8 Å². The summed E-state index contributed by atoms with van der Waals surface area (Å²) >= 11 is 2.28. The number of nitrogens with one attached hydrogen (secondary N) is 1. The number of aromatic nitrogens is 5. The van der Waals surface area contributed by atoms with E-state index < -0.39 is 29.2 Å². The van der Waals surface area contributed by atoms with E-state index in [4.69, 9.17) is 10.6 Å². The molecule has 0 bridgehead atoms. The number of rotatable bonds is 7. The molecule has 2 aromatic rings. The van der Waals surface area contributed by atoms with Gasteiger partial charge in [0.2, 0.25) is 17.4 Å². The number of amides is 2. The maximum atomic E-state index is 13.0. The number of hydrogen-bond donors (Lipinski definition) is 3.